The van der Waals surface area contributed by atoms with Gasteiger partial charge in [0, 0.05) is 37.3 Å². The summed E-state index contributed by atoms with van der Waals surface area (Å²) in [5, 5.41) is 3.69. The number of benzene rings is 2. The van der Waals surface area contributed by atoms with Crippen molar-refractivity contribution in [1.82, 2.24) is 5.32 Å². The van der Waals surface area contributed by atoms with E-state index in [4.69, 9.17) is 9.47 Å². The van der Waals surface area contributed by atoms with E-state index in [0.717, 1.165) is 31.7 Å². The number of nitrogens with zero attached hydrogens (tertiary/aromatic N) is 1. The zero-order chi connectivity index (χ0) is 22.8. The van der Waals surface area contributed by atoms with Crippen LogP contribution in [0.5, 0.6) is 5.75 Å². The molecule has 0 bridgehead atoms. The number of hydrogen-bond acceptors (Lipinski definition) is 5. The highest BCUT2D eigenvalue weighted by Crippen LogP contribution is 2.33. The number of carbonyl (C=O) groups excluding carboxylic acids is 1. The van der Waals surface area contributed by atoms with E-state index in [1.165, 1.54) is 37.6 Å². The molecule has 0 aliphatic heterocycles. The minimum absolute atomic E-state index is 0.0989. The minimum atomic E-state index is -0.0989. The highest BCUT2D eigenvalue weighted by atomic mass is 16.5. The molecule has 3 atom stereocenters. The molecule has 1 fully saturated rings. The van der Waals surface area contributed by atoms with Crippen molar-refractivity contribution in [2.75, 3.05) is 32.2 Å². The Morgan fingerprint density at radius 1 is 1.09 bits per heavy atom. The minimum Gasteiger partial charge on any atom is -0.497 e. The fourth-order valence-corrected chi connectivity index (χ4v) is 4.79. The van der Waals surface area contributed by atoms with Crippen molar-refractivity contribution in [1.29, 1.82) is 0 Å². The van der Waals surface area contributed by atoms with Gasteiger partial charge < -0.3 is 19.7 Å². The van der Waals surface area contributed by atoms with Crippen LogP contribution in [-0.2, 0) is 9.53 Å². The zero-order valence-corrected chi connectivity index (χ0v) is 19.8. The molecule has 174 valence electrons. The van der Waals surface area contributed by atoms with Crippen molar-refractivity contribution in [2.24, 2.45) is 5.92 Å². The quantitative estimate of drug-likeness (QED) is 0.478. The van der Waals surface area contributed by atoms with Crippen LogP contribution >= 0.6 is 0 Å². The molecule has 32 heavy (non-hydrogen) atoms. The van der Waals surface area contributed by atoms with Gasteiger partial charge in [-0.3, -0.25) is 4.79 Å². The summed E-state index contributed by atoms with van der Waals surface area (Å²) >= 11 is 0. The molecule has 0 heterocycles. The van der Waals surface area contributed by atoms with Crippen molar-refractivity contribution >= 4 is 11.7 Å². The second kappa shape index (κ2) is 12.5. The first-order valence-electron chi connectivity index (χ1n) is 11.9. The molecule has 3 rings (SSSR count). The SMILES string of the molecule is COC(=O)CCC1CCC[C@@H](N(CCNC(C)c2ccccc2)c2ccc(OC)cc2)C1. The maximum Gasteiger partial charge on any atom is 0.305 e. The number of carbonyl (C=O) groups is 1. The Labute approximate surface area is 193 Å². The fourth-order valence-electron chi connectivity index (χ4n) is 4.79. The normalized spacial score (nSPS) is 19.2. The summed E-state index contributed by atoms with van der Waals surface area (Å²) in [6.45, 7) is 4.07. The van der Waals surface area contributed by atoms with E-state index in [0.29, 0.717) is 24.4 Å². The van der Waals surface area contributed by atoms with Crippen LogP contribution in [0.15, 0.2) is 54.6 Å². The molecule has 2 unspecified atom stereocenters. The number of rotatable bonds is 11. The third-order valence-corrected chi connectivity index (χ3v) is 6.69. The molecular formula is C27H38N2O3. The van der Waals surface area contributed by atoms with Crippen molar-refractivity contribution in [3.63, 3.8) is 0 Å². The summed E-state index contributed by atoms with van der Waals surface area (Å²) in [6, 6.07) is 19.8. The number of nitrogens with one attached hydrogen (secondary N) is 1. The molecule has 2 aromatic carbocycles. The molecule has 0 spiro atoms. The van der Waals surface area contributed by atoms with Gasteiger partial charge in [0.25, 0.3) is 0 Å². The Bertz CT molecular complexity index is 809. The molecule has 0 radical (unpaired) electrons. The summed E-state index contributed by atoms with van der Waals surface area (Å²) in [5.74, 6) is 1.35. The van der Waals surface area contributed by atoms with Crippen LogP contribution in [0.4, 0.5) is 5.69 Å². The van der Waals surface area contributed by atoms with Gasteiger partial charge in [-0.2, -0.15) is 0 Å². The zero-order valence-electron chi connectivity index (χ0n) is 19.8. The fraction of sp³-hybridized carbons (Fsp3) is 0.519. The van der Waals surface area contributed by atoms with Gasteiger partial charge in [-0.15, -0.1) is 0 Å². The predicted octanol–water partition coefficient (Wildman–Crippen LogP) is 5.36. The molecule has 1 saturated carbocycles. The summed E-state index contributed by atoms with van der Waals surface area (Å²) in [7, 11) is 3.18. The molecule has 1 aliphatic carbocycles. The lowest BCUT2D eigenvalue weighted by Crippen LogP contribution is -2.43. The predicted molar refractivity (Wildman–Crippen MR) is 130 cm³/mol. The van der Waals surface area contributed by atoms with Crippen molar-refractivity contribution < 1.29 is 14.3 Å². The molecule has 2 aromatic rings. The van der Waals surface area contributed by atoms with Gasteiger partial charge in [0.05, 0.1) is 14.2 Å². The molecular weight excluding hydrogens is 400 g/mol. The maximum atomic E-state index is 11.6. The summed E-state index contributed by atoms with van der Waals surface area (Å²) in [5.41, 5.74) is 2.54. The third kappa shape index (κ3) is 6.99. The van der Waals surface area contributed by atoms with E-state index in [9.17, 15) is 4.79 Å². The van der Waals surface area contributed by atoms with Gasteiger partial charge in [0.1, 0.15) is 5.75 Å². The van der Waals surface area contributed by atoms with E-state index in [1.54, 1.807) is 7.11 Å². The monoisotopic (exact) mass is 438 g/mol. The molecule has 5 heteroatoms. The number of hydrogen-bond donors (Lipinski definition) is 1. The van der Waals surface area contributed by atoms with Gasteiger partial charge in [-0.1, -0.05) is 43.2 Å². The Balaban J connectivity index is 1.65. The van der Waals surface area contributed by atoms with Crippen LogP contribution < -0.4 is 15.0 Å². The average molecular weight is 439 g/mol. The van der Waals surface area contributed by atoms with Crippen LogP contribution in [0.2, 0.25) is 0 Å². The highest BCUT2D eigenvalue weighted by Gasteiger charge is 2.27. The second-order valence-electron chi connectivity index (χ2n) is 8.78. The standard InChI is InChI=1S/C27H38N2O3/c1-21(23-9-5-4-6-10-23)28-18-19-29(24-13-15-26(31-2)16-14-24)25-11-7-8-22(20-25)12-17-27(30)32-3/h4-6,9-10,13-16,21-22,25,28H,7-8,11-12,17-20H2,1-3H3/t21?,22?,25-/m1/s1. The van der Waals surface area contributed by atoms with Crippen LogP contribution in [-0.4, -0.2) is 39.3 Å². The second-order valence-corrected chi connectivity index (χ2v) is 8.78. The lowest BCUT2D eigenvalue weighted by Gasteiger charge is -2.39. The molecule has 5 nitrogen and oxygen atoms in total. The third-order valence-electron chi connectivity index (χ3n) is 6.69. The first kappa shape index (κ1) is 24.1. The maximum absolute atomic E-state index is 11.6. The Morgan fingerprint density at radius 3 is 2.53 bits per heavy atom. The van der Waals surface area contributed by atoms with E-state index in [-0.39, 0.29) is 5.97 Å². The van der Waals surface area contributed by atoms with Crippen molar-refractivity contribution in [3.8, 4) is 5.75 Å². The van der Waals surface area contributed by atoms with Crippen LogP contribution in [0.25, 0.3) is 0 Å². The van der Waals surface area contributed by atoms with Gasteiger partial charge in [-0.25, -0.2) is 0 Å². The first-order chi connectivity index (χ1) is 15.6. The van der Waals surface area contributed by atoms with Gasteiger partial charge in [-0.05, 0) is 61.9 Å². The number of esters is 1. The van der Waals surface area contributed by atoms with Crippen LogP contribution in [0.3, 0.4) is 0 Å². The average Bonchev–Trinajstić information content (AvgIpc) is 2.86. The number of ether oxygens (including phenoxy) is 2. The smallest absolute Gasteiger partial charge is 0.305 e. The van der Waals surface area contributed by atoms with Gasteiger partial charge >= 0.3 is 5.97 Å². The topological polar surface area (TPSA) is 50.8 Å². The molecule has 0 amide bonds. The Kier molecular flexibility index (Phi) is 9.42. The first-order valence-corrected chi connectivity index (χ1v) is 11.9. The van der Waals surface area contributed by atoms with E-state index >= 15 is 0 Å². The van der Waals surface area contributed by atoms with Crippen molar-refractivity contribution in [2.45, 2.75) is 57.5 Å². The van der Waals surface area contributed by atoms with E-state index in [1.807, 2.05) is 12.1 Å². The van der Waals surface area contributed by atoms with E-state index in [2.05, 4.69) is 59.6 Å². The number of methoxy groups -OCH3 is 2. The lowest BCUT2D eigenvalue weighted by molar-refractivity contribution is -0.141. The summed E-state index contributed by atoms with van der Waals surface area (Å²) < 4.78 is 10.2. The number of anilines is 1. The van der Waals surface area contributed by atoms with Crippen LogP contribution in [0, 0.1) is 5.92 Å². The molecule has 1 aliphatic rings. The van der Waals surface area contributed by atoms with Gasteiger partial charge in [0.15, 0.2) is 0 Å². The van der Waals surface area contributed by atoms with Gasteiger partial charge in [0.2, 0.25) is 0 Å². The van der Waals surface area contributed by atoms with E-state index < -0.39 is 0 Å². The molecule has 1 N–H and O–H groups in total. The van der Waals surface area contributed by atoms with Crippen LogP contribution in [0.1, 0.15) is 57.1 Å². The molecule has 0 saturated heterocycles. The highest BCUT2D eigenvalue weighted by molar-refractivity contribution is 5.69. The summed E-state index contributed by atoms with van der Waals surface area (Å²) in [4.78, 5) is 14.2. The van der Waals surface area contributed by atoms with Crippen molar-refractivity contribution in [3.05, 3.63) is 60.2 Å². The largest absolute Gasteiger partial charge is 0.497 e. The lowest BCUT2D eigenvalue weighted by atomic mass is 9.82. The Hall–Kier alpha value is -2.53. The molecule has 0 aromatic heterocycles. The summed E-state index contributed by atoms with van der Waals surface area (Å²) in [6.07, 6.45) is 6.16. The Morgan fingerprint density at radius 2 is 1.84 bits per heavy atom.